The molecule has 0 saturated heterocycles. The van der Waals surface area contributed by atoms with E-state index in [1.54, 1.807) is 41.5 Å². The van der Waals surface area contributed by atoms with Gasteiger partial charge in [-0.15, -0.1) is 11.8 Å². The van der Waals surface area contributed by atoms with Gasteiger partial charge in [-0.25, -0.2) is 4.98 Å². The number of aryl methyl sites for hydroxylation is 2. The third kappa shape index (κ3) is 4.57. The molecule has 0 aromatic carbocycles. The second kappa shape index (κ2) is 8.91. The number of rotatable bonds is 7. The molecule has 0 atom stereocenters. The summed E-state index contributed by atoms with van der Waals surface area (Å²) in [6, 6.07) is 9.13. The predicted molar refractivity (Wildman–Crippen MR) is 113 cm³/mol. The summed E-state index contributed by atoms with van der Waals surface area (Å²) in [6.45, 7) is 4.38. The fourth-order valence-corrected chi connectivity index (χ4v) is 4.05. The minimum Gasteiger partial charge on any atom is -0.361 e. The Hall–Kier alpha value is -3.46. The summed E-state index contributed by atoms with van der Waals surface area (Å²) < 4.78 is 6.97. The standard InChI is InChI=1S/C21H20N6O2S/c1-14-18(15(2)29-26-14)13-30-21-17(4-3-8-23-21)20(28)24-19-7-11-27(25-19)12-16-5-9-22-10-6-16/h3-11H,12-13H2,1-2H3,(H,24,25,28). The van der Waals surface area contributed by atoms with E-state index in [9.17, 15) is 4.79 Å². The van der Waals surface area contributed by atoms with Crippen LogP contribution in [-0.2, 0) is 12.3 Å². The van der Waals surface area contributed by atoms with Gasteiger partial charge in [-0.2, -0.15) is 5.10 Å². The summed E-state index contributed by atoms with van der Waals surface area (Å²) in [5.74, 6) is 1.64. The molecule has 0 spiro atoms. The Bertz CT molecular complexity index is 1140. The van der Waals surface area contributed by atoms with Gasteiger partial charge >= 0.3 is 0 Å². The highest BCUT2D eigenvalue weighted by molar-refractivity contribution is 7.98. The number of nitrogens with one attached hydrogen (secondary N) is 1. The van der Waals surface area contributed by atoms with Gasteiger partial charge in [-0.05, 0) is 43.7 Å². The Kier molecular flexibility index (Phi) is 5.89. The normalized spacial score (nSPS) is 10.9. The zero-order chi connectivity index (χ0) is 20.9. The van der Waals surface area contributed by atoms with Crippen LogP contribution in [0.4, 0.5) is 5.82 Å². The van der Waals surface area contributed by atoms with Gasteiger partial charge < -0.3 is 9.84 Å². The molecule has 4 heterocycles. The zero-order valence-corrected chi connectivity index (χ0v) is 17.4. The number of anilines is 1. The molecule has 0 aliphatic heterocycles. The highest BCUT2D eigenvalue weighted by atomic mass is 32.2. The summed E-state index contributed by atoms with van der Waals surface area (Å²) >= 11 is 1.48. The lowest BCUT2D eigenvalue weighted by molar-refractivity contribution is 0.102. The van der Waals surface area contributed by atoms with Gasteiger partial charge in [0.1, 0.15) is 10.8 Å². The van der Waals surface area contributed by atoms with Crippen LogP contribution in [0.25, 0.3) is 0 Å². The lowest BCUT2D eigenvalue weighted by Crippen LogP contribution is -2.14. The van der Waals surface area contributed by atoms with Crippen LogP contribution in [0.1, 0.15) is 32.9 Å². The van der Waals surface area contributed by atoms with Gasteiger partial charge in [0, 0.05) is 42.2 Å². The number of thioether (sulfide) groups is 1. The number of hydrogen-bond acceptors (Lipinski definition) is 7. The summed E-state index contributed by atoms with van der Waals surface area (Å²) in [5.41, 5.74) is 3.45. The van der Waals surface area contributed by atoms with Crippen LogP contribution in [0.15, 0.2) is 64.7 Å². The molecular formula is C21H20N6O2S. The number of aromatic nitrogens is 5. The maximum atomic E-state index is 12.8. The topological polar surface area (TPSA) is 98.7 Å². The van der Waals surface area contributed by atoms with Crippen LogP contribution in [0.3, 0.4) is 0 Å². The summed E-state index contributed by atoms with van der Waals surface area (Å²) in [5, 5.41) is 11.9. The molecule has 0 saturated carbocycles. The first kappa shape index (κ1) is 19.8. The van der Waals surface area contributed by atoms with E-state index in [1.807, 2.05) is 32.2 Å². The SMILES string of the molecule is Cc1noc(C)c1CSc1ncccc1C(=O)Nc1ccn(Cc2ccncc2)n1. The van der Waals surface area contributed by atoms with Crippen LogP contribution in [0, 0.1) is 13.8 Å². The number of amides is 1. The Labute approximate surface area is 177 Å². The van der Waals surface area contributed by atoms with Crippen molar-refractivity contribution in [2.75, 3.05) is 5.32 Å². The highest BCUT2D eigenvalue weighted by Gasteiger charge is 2.16. The summed E-state index contributed by atoms with van der Waals surface area (Å²) in [6.07, 6.45) is 6.99. The first-order chi connectivity index (χ1) is 14.6. The van der Waals surface area contributed by atoms with Crippen molar-refractivity contribution in [3.05, 3.63) is 83.3 Å². The molecular weight excluding hydrogens is 400 g/mol. The minimum absolute atomic E-state index is 0.251. The van der Waals surface area contributed by atoms with Crippen molar-refractivity contribution in [3.63, 3.8) is 0 Å². The Morgan fingerprint density at radius 3 is 2.77 bits per heavy atom. The first-order valence-electron chi connectivity index (χ1n) is 9.33. The summed E-state index contributed by atoms with van der Waals surface area (Å²) in [7, 11) is 0. The molecule has 0 aliphatic rings. The lowest BCUT2D eigenvalue weighted by Gasteiger charge is -2.08. The molecule has 0 fully saturated rings. The molecule has 152 valence electrons. The van der Waals surface area contributed by atoms with E-state index in [0.717, 1.165) is 22.6 Å². The Morgan fingerprint density at radius 1 is 1.17 bits per heavy atom. The van der Waals surface area contributed by atoms with Gasteiger partial charge in [0.25, 0.3) is 5.91 Å². The average molecular weight is 420 g/mol. The van der Waals surface area contributed by atoms with Gasteiger partial charge in [0.2, 0.25) is 0 Å². The van der Waals surface area contributed by atoms with E-state index >= 15 is 0 Å². The lowest BCUT2D eigenvalue weighted by atomic mass is 10.2. The van der Waals surface area contributed by atoms with Crippen molar-refractivity contribution in [1.29, 1.82) is 0 Å². The fraction of sp³-hybridized carbons (Fsp3) is 0.190. The van der Waals surface area contributed by atoms with E-state index in [2.05, 4.69) is 25.5 Å². The monoisotopic (exact) mass is 420 g/mol. The van der Waals surface area contributed by atoms with Crippen molar-refractivity contribution in [2.45, 2.75) is 31.2 Å². The average Bonchev–Trinajstić information content (AvgIpc) is 3.33. The fourth-order valence-electron chi connectivity index (χ4n) is 2.90. The number of nitrogens with zero attached hydrogens (tertiary/aromatic N) is 5. The van der Waals surface area contributed by atoms with Crippen LogP contribution in [-0.4, -0.2) is 30.8 Å². The molecule has 0 aliphatic carbocycles. The molecule has 1 N–H and O–H groups in total. The van der Waals surface area contributed by atoms with Crippen molar-refractivity contribution in [3.8, 4) is 0 Å². The van der Waals surface area contributed by atoms with Crippen LogP contribution in [0.2, 0.25) is 0 Å². The molecule has 1 amide bonds. The highest BCUT2D eigenvalue weighted by Crippen LogP contribution is 2.27. The Morgan fingerprint density at radius 2 is 2.00 bits per heavy atom. The van der Waals surface area contributed by atoms with Crippen LogP contribution >= 0.6 is 11.8 Å². The molecule has 0 bridgehead atoms. The largest absolute Gasteiger partial charge is 0.361 e. The molecule has 0 radical (unpaired) electrons. The van der Waals surface area contributed by atoms with E-state index in [4.69, 9.17) is 4.52 Å². The molecule has 30 heavy (non-hydrogen) atoms. The quantitative estimate of drug-likeness (QED) is 0.453. The number of carbonyl (C=O) groups is 1. The smallest absolute Gasteiger partial charge is 0.259 e. The molecule has 9 heteroatoms. The van der Waals surface area contributed by atoms with E-state index in [1.165, 1.54) is 11.8 Å². The van der Waals surface area contributed by atoms with Crippen LogP contribution < -0.4 is 5.32 Å². The number of pyridine rings is 2. The molecule has 0 unspecified atom stereocenters. The maximum absolute atomic E-state index is 12.8. The third-order valence-corrected chi connectivity index (χ3v) is 5.56. The van der Waals surface area contributed by atoms with Crippen molar-refractivity contribution in [2.24, 2.45) is 0 Å². The second-order valence-corrected chi connectivity index (χ2v) is 7.62. The van der Waals surface area contributed by atoms with Crippen molar-refractivity contribution < 1.29 is 9.32 Å². The molecule has 4 aromatic heterocycles. The predicted octanol–water partition coefficient (Wildman–Crippen LogP) is 3.87. The van der Waals surface area contributed by atoms with Gasteiger partial charge in [0.15, 0.2) is 5.82 Å². The molecule has 4 rings (SSSR count). The number of hydrogen-bond donors (Lipinski definition) is 1. The van der Waals surface area contributed by atoms with E-state index in [-0.39, 0.29) is 5.91 Å². The van der Waals surface area contributed by atoms with E-state index < -0.39 is 0 Å². The molecule has 4 aromatic rings. The molecule has 8 nitrogen and oxygen atoms in total. The maximum Gasteiger partial charge on any atom is 0.259 e. The zero-order valence-electron chi connectivity index (χ0n) is 16.6. The van der Waals surface area contributed by atoms with Crippen LogP contribution in [0.5, 0.6) is 0 Å². The number of carbonyl (C=O) groups excluding carboxylic acids is 1. The van der Waals surface area contributed by atoms with Gasteiger partial charge in [-0.1, -0.05) is 5.16 Å². The van der Waals surface area contributed by atoms with Crippen molar-refractivity contribution >= 4 is 23.5 Å². The second-order valence-electron chi connectivity index (χ2n) is 6.66. The summed E-state index contributed by atoms with van der Waals surface area (Å²) in [4.78, 5) is 21.2. The minimum atomic E-state index is -0.251. The Balaban J connectivity index is 1.44. The van der Waals surface area contributed by atoms with Gasteiger partial charge in [0.05, 0.1) is 17.8 Å². The van der Waals surface area contributed by atoms with Gasteiger partial charge in [-0.3, -0.25) is 14.5 Å². The van der Waals surface area contributed by atoms with E-state index in [0.29, 0.717) is 28.7 Å². The first-order valence-corrected chi connectivity index (χ1v) is 10.3. The third-order valence-electron chi connectivity index (χ3n) is 4.53. The van der Waals surface area contributed by atoms with Crippen molar-refractivity contribution in [1.82, 2.24) is 24.9 Å².